The summed E-state index contributed by atoms with van der Waals surface area (Å²) in [6.07, 6.45) is 2.19. The summed E-state index contributed by atoms with van der Waals surface area (Å²) >= 11 is 0. The van der Waals surface area contributed by atoms with Gasteiger partial charge in [0.2, 0.25) is 0 Å². The van der Waals surface area contributed by atoms with Gasteiger partial charge in [-0.05, 0) is 25.7 Å². The monoisotopic (exact) mass is 310 g/mol. The average molecular weight is 310 g/mol. The summed E-state index contributed by atoms with van der Waals surface area (Å²) in [5.41, 5.74) is 0.643. The minimum absolute atomic E-state index is 0.0236. The number of ether oxygens (including phenoxy) is 3. The minimum atomic E-state index is -0.606. The van der Waals surface area contributed by atoms with Gasteiger partial charge in [-0.15, -0.1) is 0 Å². The van der Waals surface area contributed by atoms with Gasteiger partial charge in [0.25, 0.3) is 0 Å². The number of hydrogen-bond donors (Lipinski definition) is 1. The highest BCUT2D eigenvalue weighted by molar-refractivity contribution is 5.93. The third-order valence-corrected chi connectivity index (χ3v) is 3.37. The van der Waals surface area contributed by atoms with Crippen molar-refractivity contribution in [2.45, 2.75) is 39.7 Å². The predicted octanol–water partition coefficient (Wildman–Crippen LogP) is 1.77. The second-order valence-electron chi connectivity index (χ2n) is 5.40. The van der Waals surface area contributed by atoms with E-state index >= 15 is 0 Å². The predicted molar refractivity (Wildman–Crippen MR) is 81.9 cm³/mol. The fourth-order valence-electron chi connectivity index (χ4n) is 2.24. The van der Waals surface area contributed by atoms with Gasteiger partial charge in [-0.1, -0.05) is 13.8 Å². The van der Waals surface area contributed by atoms with Crippen LogP contribution < -0.4 is 5.32 Å². The van der Waals surface area contributed by atoms with E-state index in [4.69, 9.17) is 14.2 Å². The van der Waals surface area contributed by atoms with Crippen molar-refractivity contribution in [3.8, 4) is 6.07 Å². The van der Waals surface area contributed by atoms with Crippen LogP contribution >= 0.6 is 0 Å². The molecule has 1 fully saturated rings. The molecule has 0 aromatic carbocycles. The largest absolute Gasteiger partial charge is 0.459 e. The van der Waals surface area contributed by atoms with Crippen LogP contribution in [-0.2, 0) is 19.0 Å². The first-order chi connectivity index (χ1) is 10.6. The first-order valence-corrected chi connectivity index (χ1v) is 7.84. The number of esters is 1. The van der Waals surface area contributed by atoms with Gasteiger partial charge in [0.05, 0.1) is 12.7 Å². The van der Waals surface area contributed by atoms with Crippen molar-refractivity contribution in [3.05, 3.63) is 11.3 Å². The highest BCUT2D eigenvalue weighted by atomic mass is 16.6. The van der Waals surface area contributed by atoms with Gasteiger partial charge in [0.1, 0.15) is 12.7 Å². The molecule has 1 aliphatic rings. The molecule has 1 unspecified atom stereocenters. The van der Waals surface area contributed by atoms with Gasteiger partial charge >= 0.3 is 5.97 Å². The molecule has 0 aromatic rings. The zero-order valence-electron chi connectivity index (χ0n) is 13.7. The lowest BCUT2D eigenvalue weighted by molar-refractivity contribution is -0.140. The Morgan fingerprint density at radius 1 is 1.45 bits per heavy atom. The van der Waals surface area contributed by atoms with E-state index in [0.29, 0.717) is 25.5 Å². The lowest BCUT2D eigenvalue weighted by Crippen LogP contribution is -2.30. The number of hydrogen-bond acceptors (Lipinski definition) is 6. The van der Waals surface area contributed by atoms with Gasteiger partial charge in [-0.2, -0.15) is 5.26 Å². The van der Waals surface area contributed by atoms with E-state index in [1.807, 2.05) is 26.8 Å². The molecule has 1 saturated heterocycles. The van der Waals surface area contributed by atoms with Crippen LogP contribution in [0, 0.1) is 17.2 Å². The SMILES string of the molecule is CCOCCOC(=O)/C(C#N)=C(/NCC1CCCO1)C(C)C. The summed E-state index contributed by atoms with van der Waals surface area (Å²) in [6.45, 7) is 8.16. The van der Waals surface area contributed by atoms with E-state index in [0.717, 1.165) is 19.4 Å². The molecule has 0 spiro atoms. The summed E-state index contributed by atoms with van der Waals surface area (Å²) in [7, 11) is 0. The Labute approximate surface area is 132 Å². The number of rotatable bonds is 9. The Morgan fingerprint density at radius 3 is 2.77 bits per heavy atom. The molecule has 6 nitrogen and oxygen atoms in total. The molecule has 1 N–H and O–H groups in total. The smallest absolute Gasteiger partial charge is 0.350 e. The maximum absolute atomic E-state index is 12.1. The van der Waals surface area contributed by atoms with Gasteiger partial charge in [0, 0.05) is 25.5 Å². The fourth-order valence-corrected chi connectivity index (χ4v) is 2.24. The number of carbonyl (C=O) groups is 1. The maximum Gasteiger partial charge on any atom is 0.350 e. The van der Waals surface area contributed by atoms with Crippen LogP contribution in [0.1, 0.15) is 33.6 Å². The highest BCUT2D eigenvalue weighted by Gasteiger charge is 2.21. The number of nitriles is 1. The van der Waals surface area contributed by atoms with Crippen molar-refractivity contribution < 1.29 is 19.0 Å². The van der Waals surface area contributed by atoms with Crippen LogP contribution in [0.5, 0.6) is 0 Å². The minimum Gasteiger partial charge on any atom is -0.459 e. The lowest BCUT2D eigenvalue weighted by Gasteiger charge is -2.19. The molecule has 0 amide bonds. The Bertz CT molecular complexity index is 420. The summed E-state index contributed by atoms with van der Waals surface area (Å²) in [4.78, 5) is 12.1. The Hall–Kier alpha value is -1.58. The standard InChI is InChI=1S/C16H26N2O4/c1-4-20-8-9-22-16(19)14(10-17)15(12(2)3)18-11-13-6-5-7-21-13/h12-13,18H,4-9,11H2,1-3H3/b15-14+. The molecule has 0 bridgehead atoms. The van der Waals surface area contributed by atoms with Crippen molar-refractivity contribution in [2.24, 2.45) is 5.92 Å². The molecule has 0 aromatic heterocycles. The van der Waals surface area contributed by atoms with E-state index in [1.165, 1.54) is 0 Å². The van der Waals surface area contributed by atoms with Crippen molar-refractivity contribution in [1.82, 2.24) is 5.32 Å². The van der Waals surface area contributed by atoms with Crippen molar-refractivity contribution in [2.75, 3.05) is 33.0 Å². The number of nitrogens with one attached hydrogen (secondary N) is 1. The van der Waals surface area contributed by atoms with Crippen molar-refractivity contribution in [3.63, 3.8) is 0 Å². The van der Waals surface area contributed by atoms with Crippen molar-refractivity contribution >= 4 is 5.97 Å². The van der Waals surface area contributed by atoms with Crippen LogP contribution in [0.25, 0.3) is 0 Å². The van der Waals surface area contributed by atoms with Gasteiger partial charge < -0.3 is 19.5 Å². The van der Waals surface area contributed by atoms with Gasteiger partial charge in [0.15, 0.2) is 5.57 Å². The Kier molecular flexibility index (Phi) is 8.56. The molecule has 0 radical (unpaired) electrons. The second-order valence-corrected chi connectivity index (χ2v) is 5.40. The molecule has 124 valence electrons. The molecule has 1 rings (SSSR count). The van der Waals surface area contributed by atoms with Crippen LogP contribution in [0.15, 0.2) is 11.3 Å². The third kappa shape index (κ3) is 6.04. The normalized spacial score (nSPS) is 18.8. The van der Waals surface area contributed by atoms with E-state index < -0.39 is 5.97 Å². The molecule has 0 saturated carbocycles. The molecule has 6 heteroatoms. The fraction of sp³-hybridized carbons (Fsp3) is 0.750. The van der Waals surface area contributed by atoms with E-state index in [1.54, 1.807) is 0 Å². The third-order valence-electron chi connectivity index (χ3n) is 3.37. The van der Waals surface area contributed by atoms with Crippen LogP contribution in [0.3, 0.4) is 0 Å². The average Bonchev–Trinajstić information content (AvgIpc) is 3.00. The first-order valence-electron chi connectivity index (χ1n) is 7.84. The van der Waals surface area contributed by atoms with Gasteiger partial charge in [-0.25, -0.2) is 4.79 Å². The maximum atomic E-state index is 12.1. The Balaban J connectivity index is 2.65. The number of allylic oxidation sites excluding steroid dienone is 1. The molecule has 1 heterocycles. The second kappa shape index (κ2) is 10.2. The highest BCUT2D eigenvalue weighted by Crippen LogP contribution is 2.16. The molecule has 1 atom stereocenters. The molecule has 22 heavy (non-hydrogen) atoms. The van der Waals surface area contributed by atoms with Crippen molar-refractivity contribution in [1.29, 1.82) is 5.26 Å². The lowest BCUT2D eigenvalue weighted by atomic mass is 10.0. The Morgan fingerprint density at radius 2 is 2.23 bits per heavy atom. The molecule has 1 aliphatic heterocycles. The number of nitrogens with zero attached hydrogens (tertiary/aromatic N) is 1. The molecule has 0 aliphatic carbocycles. The zero-order valence-corrected chi connectivity index (χ0v) is 13.7. The van der Waals surface area contributed by atoms with E-state index in [9.17, 15) is 10.1 Å². The zero-order chi connectivity index (χ0) is 16.4. The summed E-state index contributed by atoms with van der Waals surface area (Å²) in [6, 6.07) is 1.96. The summed E-state index contributed by atoms with van der Waals surface area (Å²) in [5, 5.41) is 12.5. The first kappa shape index (κ1) is 18.5. The van der Waals surface area contributed by atoms with Crippen LogP contribution in [0.2, 0.25) is 0 Å². The topological polar surface area (TPSA) is 80.6 Å². The molecular formula is C16H26N2O4. The van der Waals surface area contributed by atoms with Crippen LogP contribution in [-0.4, -0.2) is 45.0 Å². The van der Waals surface area contributed by atoms with Crippen LogP contribution in [0.4, 0.5) is 0 Å². The summed E-state index contributed by atoms with van der Waals surface area (Å²) in [5.74, 6) is -0.582. The summed E-state index contributed by atoms with van der Waals surface area (Å²) < 4.78 is 15.7. The number of carbonyl (C=O) groups excluding carboxylic acids is 1. The molecular weight excluding hydrogens is 284 g/mol. The quantitative estimate of drug-likeness (QED) is 0.302. The van der Waals surface area contributed by atoms with E-state index in [2.05, 4.69) is 5.32 Å². The van der Waals surface area contributed by atoms with E-state index in [-0.39, 0.29) is 24.2 Å². The van der Waals surface area contributed by atoms with Gasteiger partial charge in [-0.3, -0.25) is 0 Å².